The van der Waals surface area contributed by atoms with Crippen LogP contribution in [0, 0.1) is 0 Å². The van der Waals surface area contributed by atoms with Crippen LogP contribution < -0.4 is 0 Å². The Balaban J connectivity index is 4.10. The molecule has 0 fully saturated rings. The summed E-state index contributed by atoms with van der Waals surface area (Å²) in [6, 6.07) is 0. The maximum absolute atomic E-state index is 11.3. The third-order valence-corrected chi connectivity index (χ3v) is 2.85. The maximum atomic E-state index is 11.3. The second kappa shape index (κ2) is 8.37. The van der Waals surface area contributed by atoms with Gasteiger partial charge in [0.1, 0.15) is 5.60 Å². The summed E-state index contributed by atoms with van der Waals surface area (Å²) in [5.74, 6) is -0.300. The molecule has 0 aliphatic heterocycles. The lowest BCUT2D eigenvalue weighted by Gasteiger charge is -2.29. The quantitative estimate of drug-likeness (QED) is 0.334. The zero-order chi connectivity index (χ0) is 12.4. The zero-order valence-corrected chi connectivity index (χ0v) is 11.1. The van der Waals surface area contributed by atoms with Crippen molar-refractivity contribution < 1.29 is 9.53 Å². The number of unbranched alkanes of at least 4 members (excludes halogenated alkanes) is 3. The van der Waals surface area contributed by atoms with Crippen molar-refractivity contribution in [3.63, 3.8) is 0 Å². The number of ether oxygens (including phenoxy) is 1. The molecule has 0 bridgehead atoms. The van der Waals surface area contributed by atoms with Gasteiger partial charge in [-0.1, -0.05) is 46.1 Å². The van der Waals surface area contributed by atoms with E-state index in [0.29, 0.717) is 0 Å². The molecule has 0 saturated carbocycles. The predicted molar refractivity (Wildman–Crippen MR) is 68.4 cm³/mol. The molecular formula is C14H26O2. The smallest absolute Gasteiger partial charge is 0.330 e. The van der Waals surface area contributed by atoms with E-state index in [-0.39, 0.29) is 11.6 Å². The molecule has 0 radical (unpaired) electrons. The standard InChI is InChI=1S/C14H26O2/c1-5-8-9-10-12-14(4,11-6-2)16-13(15)7-3/h7H,3,5-6,8-12H2,1-2,4H3. The number of rotatable bonds is 9. The molecule has 16 heavy (non-hydrogen) atoms. The summed E-state index contributed by atoms with van der Waals surface area (Å²) >= 11 is 0. The van der Waals surface area contributed by atoms with Gasteiger partial charge in [0.05, 0.1) is 0 Å². The number of hydrogen-bond donors (Lipinski definition) is 0. The van der Waals surface area contributed by atoms with Crippen molar-refractivity contribution >= 4 is 5.97 Å². The lowest BCUT2D eigenvalue weighted by Crippen LogP contribution is -2.31. The molecule has 0 heterocycles. The number of carbonyl (C=O) groups excluding carboxylic acids is 1. The second-order valence-electron chi connectivity index (χ2n) is 4.64. The minimum absolute atomic E-state index is 0.298. The van der Waals surface area contributed by atoms with Crippen molar-refractivity contribution in [1.82, 2.24) is 0 Å². The Morgan fingerprint density at radius 3 is 2.38 bits per heavy atom. The fourth-order valence-electron chi connectivity index (χ4n) is 1.97. The Morgan fingerprint density at radius 1 is 1.19 bits per heavy atom. The van der Waals surface area contributed by atoms with Gasteiger partial charge in [-0.2, -0.15) is 0 Å². The van der Waals surface area contributed by atoms with Gasteiger partial charge in [0.25, 0.3) is 0 Å². The first-order valence-electron chi connectivity index (χ1n) is 6.43. The van der Waals surface area contributed by atoms with Gasteiger partial charge >= 0.3 is 5.97 Å². The van der Waals surface area contributed by atoms with Crippen LogP contribution in [0.1, 0.15) is 65.7 Å². The van der Waals surface area contributed by atoms with Crippen LogP contribution in [-0.2, 0) is 9.53 Å². The fourth-order valence-corrected chi connectivity index (χ4v) is 1.97. The molecule has 1 unspecified atom stereocenters. The third kappa shape index (κ3) is 6.65. The minimum Gasteiger partial charge on any atom is -0.456 e. The molecule has 0 rings (SSSR count). The molecule has 0 spiro atoms. The molecule has 0 amide bonds. The van der Waals surface area contributed by atoms with Crippen LogP contribution in [-0.4, -0.2) is 11.6 Å². The second-order valence-corrected chi connectivity index (χ2v) is 4.64. The molecular weight excluding hydrogens is 200 g/mol. The first-order valence-corrected chi connectivity index (χ1v) is 6.43. The summed E-state index contributed by atoms with van der Waals surface area (Å²) in [5, 5.41) is 0. The molecule has 0 aromatic carbocycles. The third-order valence-electron chi connectivity index (χ3n) is 2.85. The van der Waals surface area contributed by atoms with Gasteiger partial charge in [0, 0.05) is 6.08 Å². The average molecular weight is 226 g/mol. The van der Waals surface area contributed by atoms with Crippen molar-refractivity contribution in [2.75, 3.05) is 0 Å². The van der Waals surface area contributed by atoms with E-state index in [0.717, 1.165) is 25.7 Å². The normalized spacial score (nSPS) is 14.2. The highest BCUT2D eigenvalue weighted by Gasteiger charge is 2.26. The topological polar surface area (TPSA) is 26.3 Å². The van der Waals surface area contributed by atoms with Crippen LogP contribution in [0.2, 0.25) is 0 Å². The predicted octanol–water partition coefficient (Wildman–Crippen LogP) is 4.24. The van der Waals surface area contributed by atoms with E-state index in [2.05, 4.69) is 20.4 Å². The molecule has 2 nitrogen and oxygen atoms in total. The van der Waals surface area contributed by atoms with Crippen molar-refractivity contribution in [3.8, 4) is 0 Å². The van der Waals surface area contributed by atoms with E-state index < -0.39 is 0 Å². The van der Waals surface area contributed by atoms with Gasteiger partial charge in [-0.3, -0.25) is 0 Å². The fraction of sp³-hybridized carbons (Fsp3) is 0.786. The summed E-state index contributed by atoms with van der Waals surface area (Å²) in [6.45, 7) is 9.79. The lowest BCUT2D eigenvalue weighted by molar-refractivity contribution is -0.153. The molecule has 2 heteroatoms. The highest BCUT2D eigenvalue weighted by Crippen LogP contribution is 2.25. The minimum atomic E-state index is -0.300. The number of esters is 1. The summed E-state index contributed by atoms with van der Waals surface area (Å²) in [6.07, 6.45) is 9.03. The van der Waals surface area contributed by atoms with E-state index in [9.17, 15) is 4.79 Å². The maximum Gasteiger partial charge on any atom is 0.330 e. The summed E-state index contributed by atoms with van der Waals surface area (Å²) in [7, 11) is 0. The monoisotopic (exact) mass is 226 g/mol. The lowest BCUT2D eigenvalue weighted by atomic mass is 9.93. The van der Waals surface area contributed by atoms with Crippen LogP contribution >= 0.6 is 0 Å². The SMILES string of the molecule is C=CC(=O)OC(C)(CCC)CCCCCC. The summed E-state index contributed by atoms with van der Waals surface area (Å²) in [4.78, 5) is 11.3. The van der Waals surface area contributed by atoms with Crippen LogP contribution in [0.5, 0.6) is 0 Å². The van der Waals surface area contributed by atoms with E-state index in [1.54, 1.807) is 0 Å². The van der Waals surface area contributed by atoms with Crippen molar-refractivity contribution in [2.45, 2.75) is 71.3 Å². The Hall–Kier alpha value is -0.790. The molecule has 1 atom stereocenters. The van der Waals surface area contributed by atoms with Crippen LogP contribution in [0.4, 0.5) is 0 Å². The van der Waals surface area contributed by atoms with Crippen LogP contribution in [0.25, 0.3) is 0 Å². The zero-order valence-electron chi connectivity index (χ0n) is 11.1. The Labute approximate surface area is 100 Å². The first kappa shape index (κ1) is 15.2. The summed E-state index contributed by atoms with van der Waals surface area (Å²) in [5.41, 5.74) is -0.298. The van der Waals surface area contributed by atoms with E-state index >= 15 is 0 Å². The van der Waals surface area contributed by atoms with E-state index in [1.165, 1.54) is 25.3 Å². The van der Waals surface area contributed by atoms with Crippen LogP contribution in [0.3, 0.4) is 0 Å². The molecule has 0 saturated heterocycles. The average Bonchev–Trinajstić information content (AvgIpc) is 2.24. The highest BCUT2D eigenvalue weighted by molar-refractivity contribution is 5.81. The van der Waals surface area contributed by atoms with Crippen molar-refractivity contribution in [2.24, 2.45) is 0 Å². The van der Waals surface area contributed by atoms with Gasteiger partial charge in [0.2, 0.25) is 0 Å². The van der Waals surface area contributed by atoms with Gasteiger partial charge in [-0.25, -0.2) is 4.79 Å². The Bertz CT molecular complexity index is 211. The van der Waals surface area contributed by atoms with E-state index in [1.807, 2.05) is 6.92 Å². The highest BCUT2D eigenvalue weighted by atomic mass is 16.6. The van der Waals surface area contributed by atoms with Gasteiger partial charge in [-0.05, 0) is 26.2 Å². The van der Waals surface area contributed by atoms with E-state index in [4.69, 9.17) is 4.74 Å². The van der Waals surface area contributed by atoms with Gasteiger partial charge in [0.15, 0.2) is 0 Å². The van der Waals surface area contributed by atoms with Gasteiger partial charge < -0.3 is 4.74 Å². The van der Waals surface area contributed by atoms with Crippen LogP contribution in [0.15, 0.2) is 12.7 Å². The van der Waals surface area contributed by atoms with Crippen molar-refractivity contribution in [1.29, 1.82) is 0 Å². The Morgan fingerprint density at radius 2 is 1.88 bits per heavy atom. The molecule has 0 aliphatic carbocycles. The van der Waals surface area contributed by atoms with Crippen molar-refractivity contribution in [3.05, 3.63) is 12.7 Å². The molecule has 0 aromatic rings. The molecule has 0 aromatic heterocycles. The summed E-state index contributed by atoms with van der Waals surface area (Å²) < 4.78 is 5.45. The largest absolute Gasteiger partial charge is 0.456 e. The molecule has 0 N–H and O–H groups in total. The Kier molecular flexibility index (Phi) is 7.96. The molecule has 0 aliphatic rings. The van der Waals surface area contributed by atoms with Gasteiger partial charge in [-0.15, -0.1) is 0 Å². The first-order chi connectivity index (χ1) is 7.58. The number of hydrogen-bond acceptors (Lipinski definition) is 2. The number of carbonyl (C=O) groups is 1. The molecule has 94 valence electrons.